The van der Waals surface area contributed by atoms with Gasteiger partial charge >= 0.3 is 0 Å². The molecule has 0 aliphatic rings. The summed E-state index contributed by atoms with van der Waals surface area (Å²) >= 11 is 1.74. The van der Waals surface area contributed by atoms with Gasteiger partial charge in [0.2, 0.25) is 0 Å². The summed E-state index contributed by atoms with van der Waals surface area (Å²) in [5.41, 5.74) is 3.99. The summed E-state index contributed by atoms with van der Waals surface area (Å²) < 4.78 is 5.62. The molecule has 4 heteroatoms. The van der Waals surface area contributed by atoms with Crippen molar-refractivity contribution in [1.82, 2.24) is 5.43 Å². The zero-order valence-corrected chi connectivity index (χ0v) is 11.4. The number of hydrogen-bond acceptors (Lipinski definition) is 4. The molecule has 0 radical (unpaired) electrons. The van der Waals surface area contributed by atoms with E-state index in [4.69, 9.17) is 10.6 Å². The van der Waals surface area contributed by atoms with Gasteiger partial charge in [-0.25, -0.2) is 5.43 Å². The van der Waals surface area contributed by atoms with Gasteiger partial charge < -0.3 is 4.74 Å². The number of benzene rings is 1. The molecule has 18 heavy (non-hydrogen) atoms. The van der Waals surface area contributed by atoms with Crippen molar-refractivity contribution in [3.05, 3.63) is 57.8 Å². The van der Waals surface area contributed by atoms with Crippen molar-refractivity contribution in [1.29, 1.82) is 0 Å². The molecule has 2 unspecified atom stereocenters. The summed E-state index contributed by atoms with van der Waals surface area (Å²) in [5, 5.41) is 0. The lowest BCUT2D eigenvalue weighted by atomic mass is 10.0. The van der Waals surface area contributed by atoms with E-state index in [0.717, 1.165) is 5.56 Å². The van der Waals surface area contributed by atoms with E-state index in [1.165, 1.54) is 9.75 Å². The number of nitrogens with one attached hydrogen (secondary N) is 1. The molecule has 96 valence electrons. The van der Waals surface area contributed by atoms with E-state index in [9.17, 15) is 0 Å². The first-order valence-electron chi connectivity index (χ1n) is 5.86. The maximum atomic E-state index is 5.70. The highest BCUT2D eigenvalue weighted by atomic mass is 32.1. The third-order valence-corrected chi connectivity index (χ3v) is 4.02. The molecule has 0 amide bonds. The number of ether oxygens (including phenoxy) is 1. The van der Waals surface area contributed by atoms with Gasteiger partial charge in [0, 0.05) is 16.9 Å². The van der Waals surface area contributed by atoms with Gasteiger partial charge in [0.25, 0.3) is 0 Å². The Morgan fingerprint density at radius 1 is 1.17 bits per heavy atom. The van der Waals surface area contributed by atoms with Crippen LogP contribution in [-0.2, 0) is 4.74 Å². The van der Waals surface area contributed by atoms with Crippen molar-refractivity contribution in [3.63, 3.8) is 0 Å². The van der Waals surface area contributed by atoms with E-state index in [1.807, 2.05) is 18.2 Å². The second-order valence-electron chi connectivity index (χ2n) is 4.16. The predicted molar refractivity (Wildman–Crippen MR) is 75.3 cm³/mol. The number of nitrogens with two attached hydrogens (primary N) is 1. The average molecular weight is 262 g/mol. The summed E-state index contributed by atoms with van der Waals surface area (Å²) in [7, 11) is 1.71. The summed E-state index contributed by atoms with van der Waals surface area (Å²) in [6.45, 7) is 2.09. The fourth-order valence-corrected chi connectivity index (χ4v) is 3.01. The Kier molecular flexibility index (Phi) is 4.49. The zero-order chi connectivity index (χ0) is 13.0. The lowest BCUT2D eigenvalue weighted by molar-refractivity contribution is 0.0687. The molecule has 2 rings (SSSR count). The molecule has 0 saturated heterocycles. The van der Waals surface area contributed by atoms with Crippen molar-refractivity contribution in [2.75, 3.05) is 7.11 Å². The van der Waals surface area contributed by atoms with E-state index in [-0.39, 0.29) is 12.1 Å². The monoisotopic (exact) mass is 262 g/mol. The first kappa shape index (κ1) is 13.2. The van der Waals surface area contributed by atoms with Gasteiger partial charge in [-0.2, -0.15) is 0 Å². The van der Waals surface area contributed by atoms with Gasteiger partial charge in [0.1, 0.15) is 6.10 Å². The smallest absolute Gasteiger partial charge is 0.104 e. The van der Waals surface area contributed by atoms with Crippen molar-refractivity contribution in [2.45, 2.75) is 19.1 Å². The minimum atomic E-state index is -0.0887. The van der Waals surface area contributed by atoms with E-state index < -0.39 is 0 Å². The molecule has 3 nitrogen and oxygen atoms in total. The molecule has 1 aromatic carbocycles. The van der Waals surface area contributed by atoms with Gasteiger partial charge in [-0.05, 0) is 24.6 Å². The van der Waals surface area contributed by atoms with Gasteiger partial charge in [0.15, 0.2) is 0 Å². The highest BCUT2D eigenvalue weighted by molar-refractivity contribution is 7.12. The maximum Gasteiger partial charge on any atom is 0.104 e. The van der Waals surface area contributed by atoms with Gasteiger partial charge in [-0.15, -0.1) is 11.3 Å². The SMILES string of the molecule is COC(c1ccccc1)C(NN)c1ccc(C)s1. The van der Waals surface area contributed by atoms with Gasteiger partial charge in [-0.3, -0.25) is 5.84 Å². The minimum absolute atomic E-state index is 0.0314. The molecule has 1 aromatic heterocycles. The van der Waals surface area contributed by atoms with Crippen molar-refractivity contribution < 1.29 is 4.74 Å². The Morgan fingerprint density at radius 3 is 2.39 bits per heavy atom. The molecule has 0 saturated carbocycles. The third kappa shape index (κ3) is 2.79. The molecule has 0 fully saturated rings. The summed E-state index contributed by atoms with van der Waals surface area (Å²) in [6, 6.07) is 14.3. The number of methoxy groups -OCH3 is 1. The summed E-state index contributed by atoms with van der Waals surface area (Å²) in [6.07, 6.45) is -0.0887. The van der Waals surface area contributed by atoms with Crippen LogP contribution in [0.25, 0.3) is 0 Å². The van der Waals surface area contributed by atoms with Gasteiger partial charge in [0.05, 0.1) is 6.04 Å². The summed E-state index contributed by atoms with van der Waals surface area (Å²) in [4.78, 5) is 2.46. The molecule has 0 spiro atoms. The van der Waals surface area contributed by atoms with Crippen LogP contribution in [0, 0.1) is 6.92 Å². The maximum absolute atomic E-state index is 5.70. The van der Waals surface area contributed by atoms with E-state index in [0.29, 0.717) is 0 Å². The standard InChI is InChI=1S/C14H18N2OS/c1-10-8-9-12(18-10)13(16-15)14(17-2)11-6-4-3-5-7-11/h3-9,13-14,16H,15H2,1-2H3. The predicted octanol–water partition coefficient (Wildman–Crippen LogP) is 2.95. The van der Waals surface area contributed by atoms with E-state index in [2.05, 4.69) is 36.6 Å². The quantitative estimate of drug-likeness (QED) is 0.643. The third-order valence-electron chi connectivity index (χ3n) is 2.93. The second-order valence-corrected chi connectivity index (χ2v) is 5.48. The number of rotatable bonds is 5. The lowest BCUT2D eigenvalue weighted by Crippen LogP contribution is -2.32. The van der Waals surface area contributed by atoms with E-state index >= 15 is 0 Å². The number of aryl methyl sites for hydroxylation is 1. The molecule has 0 aliphatic carbocycles. The fourth-order valence-electron chi connectivity index (χ4n) is 2.05. The van der Waals surface area contributed by atoms with Crippen molar-refractivity contribution in [2.24, 2.45) is 5.84 Å². The highest BCUT2D eigenvalue weighted by Crippen LogP contribution is 2.34. The fraction of sp³-hybridized carbons (Fsp3) is 0.286. The molecule has 3 N–H and O–H groups in total. The molecular formula is C14H18N2OS. The minimum Gasteiger partial charge on any atom is -0.375 e. The topological polar surface area (TPSA) is 47.3 Å². The molecule has 1 heterocycles. The molecule has 2 atom stereocenters. The second kappa shape index (κ2) is 6.11. The van der Waals surface area contributed by atoms with Crippen LogP contribution in [0.1, 0.15) is 27.5 Å². The van der Waals surface area contributed by atoms with Crippen LogP contribution in [0.15, 0.2) is 42.5 Å². The lowest BCUT2D eigenvalue weighted by Gasteiger charge is -2.25. The number of hydrazine groups is 1. The van der Waals surface area contributed by atoms with Crippen LogP contribution in [0.4, 0.5) is 0 Å². The Hall–Kier alpha value is -1.20. The first-order valence-corrected chi connectivity index (χ1v) is 6.68. The molecule has 0 aliphatic heterocycles. The van der Waals surface area contributed by atoms with Crippen LogP contribution in [0.2, 0.25) is 0 Å². The van der Waals surface area contributed by atoms with E-state index in [1.54, 1.807) is 18.4 Å². The molecule has 0 bridgehead atoms. The molecule has 2 aromatic rings. The normalized spacial score (nSPS) is 14.4. The Bertz CT molecular complexity index is 484. The molecular weight excluding hydrogens is 244 g/mol. The van der Waals surface area contributed by atoms with Crippen LogP contribution in [0.3, 0.4) is 0 Å². The van der Waals surface area contributed by atoms with Crippen LogP contribution in [0.5, 0.6) is 0 Å². The Balaban J connectivity index is 2.30. The zero-order valence-electron chi connectivity index (χ0n) is 10.6. The number of thiophene rings is 1. The summed E-state index contributed by atoms with van der Waals surface area (Å²) in [5.74, 6) is 5.70. The largest absolute Gasteiger partial charge is 0.375 e. The van der Waals surface area contributed by atoms with Crippen LogP contribution < -0.4 is 11.3 Å². The van der Waals surface area contributed by atoms with Crippen molar-refractivity contribution in [3.8, 4) is 0 Å². The number of hydrogen-bond donors (Lipinski definition) is 2. The van der Waals surface area contributed by atoms with Gasteiger partial charge in [-0.1, -0.05) is 30.3 Å². The average Bonchev–Trinajstić information content (AvgIpc) is 2.83. The van der Waals surface area contributed by atoms with Crippen LogP contribution in [-0.4, -0.2) is 7.11 Å². The van der Waals surface area contributed by atoms with Crippen LogP contribution >= 0.6 is 11.3 Å². The highest BCUT2D eigenvalue weighted by Gasteiger charge is 2.24. The Labute approximate surface area is 112 Å². The Morgan fingerprint density at radius 2 is 1.89 bits per heavy atom. The first-order chi connectivity index (χ1) is 8.76. The van der Waals surface area contributed by atoms with Crippen molar-refractivity contribution >= 4 is 11.3 Å².